The number of benzene rings is 2. The van der Waals surface area contributed by atoms with Gasteiger partial charge in [0.2, 0.25) is 5.91 Å². The van der Waals surface area contributed by atoms with Crippen molar-refractivity contribution < 1.29 is 14.3 Å². The van der Waals surface area contributed by atoms with Crippen molar-refractivity contribution in [2.75, 3.05) is 13.1 Å². The number of carbonyl (C=O) groups excluding carboxylic acids is 2. The number of nitrogens with zero attached hydrogens (tertiary/aromatic N) is 3. The van der Waals surface area contributed by atoms with Gasteiger partial charge in [-0.2, -0.15) is 0 Å². The first kappa shape index (κ1) is 21.8. The van der Waals surface area contributed by atoms with Crippen LogP contribution in [-0.4, -0.2) is 39.2 Å². The molecule has 2 heterocycles. The maximum Gasteiger partial charge on any atom is 0.224 e. The van der Waals surface area contributed by atoms with Gasteiger partial charge in [0.25, 0.3) is 0 Å². The third kappa shape index (κ3) is 5.25. The van der Waals surface area contributed by atoms with Gasteiger partial charge in [0.05, 0.1) is 0 Å². The van der Waals surface area contributed by atoms with E-state index in [0.29, 0.717) is 30.8 Å². The normalized spacial score (nSPS) is 16.0. The molecule has 166 valence electrons. The van der Waals surface area contributed by atoms with Crippen LogP contribution in [0.5, 0.6) is 11.5 Å². The van der Waals surface area contributed by atoms with E-state index in [-0.39, 0.29) is 17.6 Å². The Balaban J connectivity index is 1.33. The number of hydrogen-bond acceptors (Lipinski definition) is 4. The van der Waals surface area contributed by atoms with Crippen molar-refractivity contribution in [3.63, 3.8) is 0 Å². The lowest BCUT2D eigenvalue weighted by Crippen LogP contribution is -2.42. The van der Waals surface area contributed by atoms with Crippen LogP contribution in [0, 0.1) is 5.92 Å². The highest BCUT2D eigenvalue weighted by Gasteiger charge is 2.29. The summed E-state index contributed by atoms with van der Waals surface area (Å²) < 4.78 is 7.84. The molecule has 0 bridgehead atoms. The fourth-order valence-electron chi connectivity index (χ4n) is 4.20. The smallest absolute Gasteiger partial charge is 0.224 e. The van der Waals surface area contributed by atoms with Crippen LogP contribution in [0.3, 0.4) is 0 Å². The summed E-state index contributed by atoms with van der Waals surface area (Å²) in [4.78, 5) is 32.0. The van der Waals surface area contributed by atoms with Crippen LogP contribution in [-0.2, 0) is 17.8 Å². The molecule has 1 amide bonds. The van der Waals surface area contributed by atoms with Gasteiger partial charge in [-0.1, -0.05) is 25.1 Å². The monoisotopic (exact) mass is 431 g/mol. The number of Topliss-reactive ketones (excluding diaryl/α,β-unsaturated/α-hetero) is 1. The van der Waals surface area contributed by atoms with Crippen LogP contribution in [0.4, 0.5) is 0 Å². The summed E-state index contributed by atoms with van der Waals surface area (Å²) >= 11 is 0. The number of para-hydroxylation sites is 1. The van der Waals surface area contributed by atoms with Crippen LogP contribution < -0.4 is 4.74 Å². The largest absolute Gasteiger partial charge is 0.457 e. The number of piperidine rings is 1. The number of likely N-dealkylation sites (tertiary alicyclic amines) is 1. The fourth-order valence-corrected chi connectivity index (χ4v) is 4.20. The van der Waals surface area contributed by atoms with Gasteiger partial charge in [0.15, 0.2) is 5.78 Å². The number of aryl methyl sites for hydroxylation is 2. The number of rotatable bonds is 8. The van der Waals surface area contributed by atoms with E-state index in [9.17, 15) is 9.59 Å². The van der Waals surface area contributed by atoms with Crippen LogP contribution in [0.1, 0.15) is 42.4 Å². The Labute approximate surface area is 188 Å². The van der Waals surface area contributed by atoms with E-state index < -0.39 is 0 Å². The Bertz CT molecular complexity index is 1040. The van der Waals surface area contributed by atoms with Gasteiger partial charge in [0.1, 0.15) is 17.3 Å². The molecule has 32 heavy (non-hydrogen) atoms. The van der Waals surface area contributed by atoms with Crippen molar-refractivity contribution in [2.45, 2.75) is 39.2 Å². The second kappa shape index (κ2) is 10.3. The highest BCUT2D eigenvalue weighted by molar-refractivity contribution is 5.98. The third-order valence-corrected chi connectivity index (χ3v) is 5.95. The van der Waals surface area contributed by atoms with Crippen molar-refractivity contribution >= 4 is 11.7 Å². The summed E-state index contributed by atoms with van der Waals surface area (Å²) in [6.07, 6.45) is 6.62. The molecule has 1 unspecified atom stereocenters. The first-order valence-corrected chi connectivity index (χ1v) is 11.3. The number of amides is 1. The zero-order valence-corrected chi connectivity index (χ0v) is 18.4. The fraction of sp³-hybridized carbons (Fsp3) is 0.346. The standard InChI is InChI=1S/C26H29N3O3/c1-2-24-27-15-18-28(24)17-14-25(30)29-16-6-7-21(19-29)26(31)20-10-12-23(13-11-20)32-22-8-4-3-5-9-22/h3-5,8-13,15,18,21H,2,6-7,14,16-17,19H2,1H3. The van der Waals surface area contributed by atoms with E-state index in [4.69, 9.17) is 4.74 Å². The number of imidazole rings is 1. The van der Waals surface area contributed by atoms with Crippen molar-refractivity contribution in [2.24, 2.45) is 5.92 Å². The van der Waals surface area contributed by atoms with Gasteiger partial charge in [-0.15, -0.1) is 0 Å². The summed E-state index contributed by atoms with van der Waals surface area (Å²) in [5, 5.41) is 0. The molecule has 6 nitrogen and oxygen atoms in total. The number of hydrogen-bond donors (Lipinski definition) is 0. The van der Waals surface area contributed by atoms with E-state index in [1.165, 1.54) is 0 Å². The average Bonchev–Trinajstić information content (AvgIpc) is 3.31. The van der Waals surface area contributed by atoms with Crippen LogP contribution >= 0.6 is 0 Å². The number of ketones is 1. The first-order chi connectivity index (χ1) is 15.6. The van der Waals surface area contributed by atoms with Gasteiger partial charge < -0.3 is 14.2 Å². The maximum atomic E-state index is 13.1. The maximum absolute atomic E-state index is 13.1. The van der Waals surface area contributed by atoms with Crippen LogP contribution in [0.25, 0.3) is 0 Å². The lowest BCUT2D eigenvalue weighted by molar-refractivity contribution is -0.132. The molecule has 3 aromatic rings. The van der Waals surface area contributed by atoms with E-state index in [2.05, 4.69) is 11.9 Å². The SMILES string of the molecule is CCc1nccn1CCC(=O)N1CCCC(C(=O)c2ccc(Oc3ccccc3)cc2)C1. The van der Waals surface area contributed by atoms with Gasteiger partial charge in [-0.05, 0) is 49.2 Å². The minimum absolute atomic E-state index is 0.0941. The van der Waals surface area contributed by atoms with Crippen molar-refractivity contribution in [1.29, 1.82) is 0 Å². The second-order valence-electron chi connectivity index (χ2n) is 8.12. The molecular formula is C26H29N3O3. The molecule has 0 spiro atoms. The van der Waals surface area contributed by atoms with Crippen molar-refractivity contribution in [3.8, 4) is 11.5 Å². The third-order valence-electron chi connectivity index (χ3n) is 5.95. The lowest BCUT2D eigenvalue weighted by atomic mass is 9.90. The van der Waals surface area contributed by atoms with Crippen molar-refractivity contribution in [3.05, 3.63) is 78.4 Å². The first-order valence-electron chi connectivity index (χ1n) is 11.3. The average molecular weight is 432 g/mol. The Hall–Kier alpha value is -3.41. The summed E-state index contributed by atoms with van der Waals surface area (Å²) in [5.41, 5.74) is 0.663. The molecule has 0 aliphatic carbocycles. The Kier molecular flexibility index (Phi) is 7.00. The van der Waals surface area contributed by atoms with Gasteiger partial charge >= 0.3 is 0 Å². The van der Waals surface area contributed by atoms with E-state index in [1.54, 1.807) is 6.20 Å². The molecule has 1 aromatic heterocycles. The molecule has 0 N–H and O–H groups in total. The van der Waals surface area contributed by atoms with Gasteiger partial charge in [-0.25, -0.2) is 4.98 Å². The number of aromatic nitrogens is 2. The molecule has 2 aromatic carbocycles. The quantitative estimate of drug-likeness (QED) is 0.483. The number of ether oxygens (including phenoxy) is 1. The van der Waals surface area contributed by atoms with Gasteiger partial charge in [0, 0.05) is 56.4 Å². The second-order valence-corrected chi connectivity index (χ2v) is 8.12. The molecule has 1 atom stereocenters. The predicted molar refractivity (Wildman–Crippen MR) is 123 cm³/mol. The molecule has 6 heteroatoms. The molecule has 1 fully saturated rings. The van der Waals surface area contributed by atoms with E-state index in [0.717, 1.165) is 37.4 Å². The molecule has 1 saturated heterocycles. The van der Waals surface area contributed by atoms with E-state index >= 15 is 0 Å². The molecule has 0 radical (unpaired) electrons. The van der Waals surface area contributed by atoms with Crippen molar-refractivity contribution in [1.82, 2.24) is 14.5 Å². The topological polar surface area (TPSA) is 64.4 Å². The van der Waals surface area contributed by atoms with Crippen LogP contribution in [0.2, 0.25) is 0 Å². The molecule has 1 aliphatic rings. The van der Waals surface area contributed by atoms with Gasteiger partial charge in [-0.3, -0.25) is 9.59 Å². The zero-order chi connectivity index (χ0) is 22.3. The van der Waals surface area contributed by atoms with Crippen LogP contribution in [0.15, 0.2) is 67.0 Å². The molecule has 0 saturated carbocycles. The summed E-state index contributed by atoms with van der Waals surface area (Å²) in [6, 6.07) is 16.8. The lowest BCUT2D eigenvalue weighted by Gasteiger charge is -2.32. The minimum Gasteiger partial charge on any atom is -0.457 e. The van der Waals surface area contributed by atoms with E-state index in [1.807, 2.05) is 70.3 Å². The molecular weight excluding hydrogens is 402 g/mol. The summed E-state index contributed by atoms with van der Waals surface area (Å²) in [5.74, 6) is 2.48. The minimum atomic E-state index is -0.159. The highest BCUT2D eigenvalue weighted by atomic mass is 16.5. The summed E-state index contributed by atoms with van der Waals surface area (Å²) in [6.45, 7) is 3.89. The predicted octanol–water partition coefficient (Wildman–Crippen LogP) is 4.75. The molecule has 1 aliphatic heterocycles. The Morgan fingerprint density at radius 2 is 1.81 bits per heavy atom. The molecule has 4 rings (SSSR count). The number of carbonyl (C=O) groups is 2. The Morgan fingerprint density at radius 1 is 1.06 bits per heavy atom. The highest BCUT2D eigenvalue weighted by Crippen LogP contribution is 2.25. The summed E-state index contributed by atoms with van der Waals surface area (Å²) in [7, 11) is 0. The zero-order valence-electron chi connectivity index (χ0n) is 18.4. The Morgan fingerprint density at radius 3 is 2.56 bits per heavy atom.